The topological polar surface area (TPSA) is 30.2 Å². The van der Waals surface area contributed by atoms with Crippen LogP contribution in [0.2, 0.25) is 0 Å². The maximum absolute atomic E-state index is 6.12. The van der Waals surface area contributed by atoms with Crippen molar-refractivity contribution in [3.63, 3.8) is 0 Å². The minimum absolute atomic E-state index is 0.501. The van der Waals surface area contributed by atoms with Crippen molar-refractivity contribution >= 4 is 29.1 Å². The second kappa shape index (κ2) is 8.53. The predicted octanol–water partition coefficient (Wildman–Crippen LogP) is 3.11. The first kappa shape index (κ1) is 18.7. The molecule has 0 saturated carbocycles. The van der Waals surface area contributed by atoms with Crippen molar-refractivity contribution in [2.24, 2.45) is 12.0 Å². The van der Waals surface area contributed by atoms with Crippen LogP contribution in [0.5, 0.6) is 0 Å². The minimum atomic E-state index is -0.501. The molecule has 0 spiro atoms. The van der Waals surface area contributed by atoms with E-state index in [1.165, 1.54) is 0 Å². The molecule has 0 aliphatic carbocycles. The number of benzene rings is 2. The first-order chi connectivity index (χ1) is 13.1. The average molecular weight is 374 g/mol. The van der Waals surface area contributed by atoms with Crippen LogP contribution in [0.25, 0.3) is 11.8 Å². The lowest BCUT2D eigenvalue weighted by molar-refractivity contribution is 0.878. The van der Waals surface area contributed by atoms with Gasteiger partial charge in [0.15, 0.2) is 0 Å². The van der Waals surface area contributed by atoms with Crippen molar-refractivity contribution in [1.82, 2.24) is 9.55 Å². The van der Waals surface area contributed by atoms with Gasteiger partial charge in [-0.15, -0.1) is 18.0 Å². The second-order valence-electron chi connectivity index (χ2n) is 6.10. The molecule has 3 nitrogen and oxygen atoms in total. The van der Waals surface area contributed by atoms with E-state index in [2.05, 4.69) is 35.2 Å². The van der Waals surface area contributed by atoms with Gasteiger partial charge in [0.2, 0.25) is 0 Å². The average Bonchev–Trinajstić information content (AvgIpc) is 3.07. The van der Waals surface area contributed by atoms with Gasteiger partial charge in [-0.1, -0.05) is 66.6 Å². The SMILES string of the molecule is C#CC(Cl)/C=c1\c(=C(/C)N=C(c2ccccc2)c2ccccc2)ncn1C. The Hall–Kier alpha value is -3.09. The molecule has 4 heteroatoms. The van der Waals surface area contributed by atoms with Crippen LogP contribution < -0.4 is 10.7 Å². The van der Waals surface area contributed by atoms with Gasteiger partial charge in [0.25, 0.3) is 0 Å². The van der Waals surface area contributed by atoms with Gasteiger partial charge in [-0.3, -0.25) is 4.99 Å². The molecule has 1 atom stereocenters. The first-order valence-electron chi connectivity index (χ1n) is 8.60. The summed E-state index contributed by atoms with van der Waals surface area (Å²) in [4.78, 5) is 9.44. The summed E-state index contributed by atoms with van der Waals surface area (Å²) in [5.74, 6) is 2.51. The number of aromatic nitrogens is 2. The molecule has 0 saturated heterocycles. The van der Waals surface area contributed by atoms with Gasteiger partial charge in [0.05, 0.1) is 23.1 Å². The van der Waals surface area contributed by atoms with Gasteiger partial charge in [0.1, 0.15) is 10.7 Å². The van der Waals surface area contributed by atoms with Gasteiger partial charge in [-0.2, -0.15) is 0 Å². The van der Waals surface area contributed by atoms with Gasteiger partial charge >= 0.3 is 0 Å². The molecule has 0 aliphatic rings. The van der Waals surface area contributed by atoms with Gasteiger partial charge in [-0.25, -0.2) is 4.98 Å². The van der Waals surface area contributed by atoms with Gasteiger partial charge < -0.3 is 4.57 Å². The van der Waals surface area contributed by atoms with Gasteiger partial charge in [0, 0.05) is 18.2 Å². The van der Waals surface area contributed by atoms with E-state index in [-0.39, 0.29) is 0 Å². The molecule has 0 amide bonds. The lowest BCUT2D eigenvalue weighted by Crippen LogP contribution is -2.31. The molecular weight excluding hydrogens is 354 g/mol. The number of imidazole rings is 1. The molecule has 0 N–H and O–H groups in total. The number of aliphatic imine (C=N–C) groups is 1. The number of terminal acetylenes is 1. The highest BCUT2D eigenvalue weighted by Gasteiger charge is 2.08. The van der Waals surface area contributed by atoms with E-state index in [0.29, 0.717) is 0 Å². The second-order valence-corrected chi connectivity index (χ2v) is 6.57. The molecule has 3 aromatic rings. The number of rotatable bonds is 4. The van der Waals surface area contributed by atoms with Crippen LogP contribution in [-0.2, 0) is 7.05 Å². The highest BCUT2D eigenvalue weighted by Crippen LogP contribution is 2.13. The van der Waals surface area contributed by atoms with E-state index in [9.17, 15) is 0 Å². The van der Waals surface area contributed by atoms with E-state index in [1.807, 2.05) is 61.0 Å². The smallest absolute Gasteiger partial charge is 0.114 e. The third-order valence-corrected chi connectivity index (χ3v) is 4.41. The maximum atomic E-state index is 6.12. The van der Waals surface area contributed by atoms with Crippen molar-refractivity contribution in [2.75, 3.05) is 0 Å². The number of hydrogen-bond donors (Lipinski definition) is 0. The van der Waals surface area contributed by atoms with E-state index in [1.54, 1.807) is 6.33 Å². The third-order valence-electron chi connectivity index (χ3n) is 4.16. The molecule has 1 aromatic heterocycles. The fraction of sp³-hybridized carbons (Fsp3) is 0.130. The molecule has 27 heavy (non-hydrogen) atoms. The Labute approximate surface area is 164 Å². The summed E-state index contributed by atoms with van der Waals surface area (Å²) < 4.78 is 1.89. The van der Waals surface area contributed by atoms with Crippen molar-refractivity contribution in [3.8, 4) is 12.3 Å². The van der Waals surface area contributed by atoms with Crippen LogP contribution in [-0.4, -0.2) is 20.6 Å². The van der Waals surface area contributed by atoms with Crippen LogP contribution >= 0.6 is 11.6 Å². The van der Waals surface area contributed by atoms with Crippen LogP contribution in [0.15, 0.2) is 72.0 Å². The summed E-state index contributed by atoms with van der Waals surface area (Å²) in [5, 5.41) is 1.12. The van der Waals surface area contributed by atoms with Crippen LogP contribution in [0.1, 0.15) is 18.1 Å². The summed E-state index contributed by atoms with van der Waals surface area (Å²) in [5.41, 5.74) is 3.78. The number of nitrogens with zero attached hydrogens (tertiary/aromatic N) is 3. The number of aryl methyl sites for hydroxylation is 1. The largest absolute Gasteiger partial charge is 0.334 e. The fourth-order valence-electron chi connectivity index (χ4n) is 2.81. The lowest BCUT2D eigenvalue weighted by atomic mass is 10.0. The van der Waals surface area contributed by atoms with E-state index < -0.39 is 5.38 Å². The maximum Gasteiger partial charge on any atom is 0.114 e. The van der Waals surface area contributed by atoms with Crippen LogP contribution in [0.3, 0.4) is 0 Å². The van der Waals surface area contributed by atoms with Crippen molar-refractivity contribution in [3.05, 3.63) is 88.8 Å². The fourth-order valence-corrected chi connectivity index (χ4v) is 2.93. The van der Waals surface area contributed by atoms with Gasteiger partial charge in [-0.05, 0) is 13.0 Å². The lowest BCUT2D eigenvalue weighted by Gasteiger charge is -2.07. The molecule has 0 bridgehead atoms. The Morgan fingerprint density at radius 3 is 2.19 bits per heavy atom. The van der Waals surface area contributed by atoms with E-state index in [4.69, 9.17) is 23.0 Å². The third kappa shape index (κ3) is 4.36. The molecular formula is C23H20ClN3. The highest BCUT2D eigenvalue weighted by molar-refractivity contribution is 6.25. The molecule has 134 valence electrons. The van der Waals surface area contributed by atoms with E-state index in [0.717, 1.165) is 33.2 Å². The van der Waals surface area contributed by atoms with Crippen LogP contribution in [0.4, 0.5) is 0 Å². The molecule has 2 aromatic carbocycles. The Morgan fingerprint density at radius 1 is 1.11 bits per heavy atom. The Kier molecular flexibility index (Phi) is 5.90. The first-order valence-corrected chi connectivity index (χ1v) is 9.03. The predicted molar refractivity (Wildman–Crippen MR) is 113 cm³/mol. The standard InChI is InChI=1S/C23H20ClN3/c1-4-20(24)15-21-22(25-16-27(21)3)17(2)26-23(18-11-7-5-8-12-18)19-13-9-6-10-14-19/h1,5-16,20H,2-3H3/b21-15+,22-17-. The molecule has 1 heterocycles. The molecule has 0 aliphatic heterocycles. The molecule has 0 fully saturated rings. The summed E-state index contributed by atoms with van der Waals surface area (Å²) in [6, 6.07) is 20.2. The van der Waals surface area contributed by atoms with E-state index >= 15 is 0 Å². The highest BCUT2D eigenvalue weighted by atomic mass is 35.5. The number of halogens is 1. The van der Waals surface area contributed by atoms with Crippen molar-refractivity contribution < 1.29 is 0 Å². The summed E-state index contributed by atoms with van der Waals surface area (Å²) in [7, 11) is 1.91. The zero-order valence-corrected chi connectivity index (χ0v) is 16.1. The molecule has 3 rings (SSSR count). The molecule has 0 radical (unpaired) electrons. The zero-order valence-electron chi connectivity index (χ0n) is 15.3. The quantitative estimate of drug-likeness (QED) is 0.392. The minimum Gasteiger partial charge on any atom is -0.334 e. The van der Waals surface area contributed by atoms with Crippen LogP contribution in [0, 0.1) is 12.3 Å². The number of alkyl halides is 1. The Balaban J connectivity index is 2.25. The van der Waals surface area contributed by atoms with Crippen molar-refractivity contribution in [1.29, 1.82) is 0 Å². The summed E-state index contributed by atoms with van der Waals surface area (Å²) >= 11 is 6.12. The monoisotopic (exact) mass is 373 g/mol. The molecule has 1 unspecified atom stereocenters. The zero-order chi connectivity index (χ0) is 19.2. The summed E-state index contributed by atoms with van der Waals surface area (Å²) in [6.45, 7) is 1.95. The normalized spacial score (nSPS) is 13.6. The summed E-state index contributed by atoms with van der Waals surface area (Å²) in [6.07, 6.45) is 8.97. The van der Waals surface area contributed by atoms with Crippen molar-refractivity contribution in [2.45, 2.75) is 12.3 Å². The Bertz CT molecular complexity index is 1060. The number of hydrogen-bond acceptors (Lipinski definition) is 2. The Morgan fingerprint density at radius 2 is 1.67 bits per heavy atom.